The Labute approximate surface area is 103 Å². The number of hydrogen-bond acceptors (Lipinski definition) is 3. The molecule has 0 aromatic carbocycles. The van der Waals surface area contributed by atoms with E-state index in [9.17, 15) is 4.79 Å². The molecule has 0 spiro atoms. The Balaban J connectivity index is 2.14. The first-order valence-electron chi connectivity index (χ1n) is 5.17. The zero-order valence-electron chi connectivity index (χ0n) is 9.25. The van der Waals surface area contributed by atoms with Crippen molar-refractivity contribution in [2.45, 2.75) is 13.3 Å². The van der Waals surface area contributed by atoms with E-state index in [1.165, 1.54) is 6.20 Å². The van der Waals surface area contributed by atoms with Crippen molar-refractivity contribution < 1.29 is 9.53 Å². The second kappa shape index (κ2) is 7.40. The molecule has 1 aromatic heterocycles. The number of carbonyl (C=O) groups excluding carboxylic acids is 1. The van der Waals surface area contributed by atoms with Crippen LogP contribution in [0.3, 0.4) is 0 Å². The molecule has 16 heavy (non-hydrogen) atoms. The fourth-order valence-electron chi connectivity index (χ4n) is 1.21. The summed E-state index contributed by atoms with van der Waals surface area (Å²) >= 11 is 3.27. The van der Waals surface area contributed by atoms with Gasteiger partial charge in [-0.2, -0.15) is 5.10 Å². The van der Waals surface area contributed by atoms with Crippen molar-refractivity contribution in [1.29, 1.82) is 0 Å². The van der Waals surface area contributed by atoms with E-state index in [1.54, 1.807) is 0 Å². The highest BCUT2D eigenvalue weighted by Crippen LogP contribution is 2.01. The van der Waals surface area contributed by atoms with Crippen molar-refractivity contribution in [1.82, 2.24) is 15.5 Å². The van der Waals surface area contributed by atoms with Crippen LogP contribution in [-0.2, 0) is 4.74 Å². The van der Waals surface area contributed by atoms with Crippen molar-refractivity contribution in [2.75, 3.05) is 25.1 Å². The summed E-state index contributed by atoms with van der Waals surface area (Å²) in [5.41, 5.74) is 1.38. The minimum atomic E-state index is -0.0910. The second-order valence-electron chi connectivity index (χ2n) is 3.32. The number of alkyl halides is 1. The predicted octanol–water partition coefficient (Wildman–Crippen LogP) is 1.25. The van der Waals surface area contributed by atoms with Crippen LogP contribution in [0.1, 0.15) is 22.5 Å². The standard InChI is InChI=1S/C10H16BrN3O2/c1-8-9(7-13-14-8)10(15)12-4-2-5-16-6-3-11/h7H,2-6H2,1H3,(H,12,15)(H,13,14). The van der Waals surface area contributed by atoms with Gasteiger partial charge in [-0.25, -0.2) is 0 Å². The van der Waals surface area contributed by atoms with Crippen LogP contribution in [0.2, 0.25) is 0 Å². The van der Waals surface area contributed by atoms with Crippen LogP contribution >= 0.6 is 15.9 Å². The fourth-order valence-corrected chi connectivity index (χ4v) is 1.44. The van der Waals surface area contributed by atoms with Crippen LogP contribution < -0.4 is 5.32 Å². The Bertz CT molecular complexity index is 328. The Hall–Kier alpha value is -0.880. The number of nitrogens with one attached hydrogen (secondary N) is 2. The molecule has 0 aliphatic rings. The van der Waals surface area contributed by atoms with E-state index in [1.807, 2.05) is 6.92 Å². The van der Waals surface area contributed by atoms with Gasteiger partial charge in [-0.05, 0) is 13.3 Å². The molecule has 90 valence electrons. The lowest BCUT2D eigenvalue weighted by molar-refractivity contribution is 0.0944. The van der Waals surface area contributed by atoms with E-state index in [2.05, 4.69) is 31.4 Å². The maximum atomic E-state index is 11.6. The number of amides is 1. The first-order chi connectivity index (χ1) is 7.75. The van der Waals surface area contributed by atoms with Crippen LogP contribution in [0.5, 0.6) is 0 Å². The monoisotopic (exact) mass is 289 g/mol. The van der Waals surface area contributed by atoms with Crippen molar-refractivity contribution >= 4 is 21.8 Å². The highest BCUT2D eigenvalue weighted by atomic mass is 79.9. The van der Waals surface area contributed by atoms with E-state index in [0.717, 1.165) is 17.4 Å². The van der Waals surface area contributed by atoms with Gasteiger partial charge in [-0.15, -0.1) is 0 Å². The Morgan fingerprint density at radius 2 is 2.44 bits per heavy atom. The van der Waals surface area contributed by atoms with E-state index in [-0.39, 0.29) is 5.91 Å². The number of aryl methyl sites for hydroxylation is 1. The highest BCUT2D eigenvalue weighted by molar-refractivity contribution is 9.09. The van der Waals surface area contributed by atoms with E-state index in [4.69, 9.17) is 4.74 Å². The summed E-state index contributed by atoms with van der Waals surface area (Å²) in [6.07, 6.45) is 2.35. The first kappa shape index (κ1) is 13.2. The van der Waals surface area contributed by atoms with Gasteiger partial charge in [0.2, 0.25) is 0 Å². The third-order valence-corrected chi connectivity index (χ3v) is 2.37. The highest BCUT2D eigenvalue weighted by Gasteiger charge is 2.09. The van der Waals surface area contributed by atoms with Gasteiger partial charge < -0.3 is 10.1 Å². The first-order valence-corrected chi connectivity index (χ1v) is 6.29. The van der Waals surface area contributed by atoms with Gasteiger partial charge in [-0.3, -0.25) is 9.89 Å². The average molecular weight is 290 g/mol. The molecule has 0 bridgehead atoms. The largest absolute Gasteiger partial charge is 0.381 e. The molecule has 0 saturated heterocycles. The zero-order chi connectivity index (χ0) is 11.8. The molecule has 0 atom stereocenters. The summed E-state index contributed by atoms with van der Waals surface area (Å²) in [5.74, 6) is -0.0910. The molecule has 2 N–H and O–H groups in total. The van der Waals surface area contributed by atoms with Gasteiger partial charge in [0, 0.05) is 24.2 Å². The van der Waals surface area contributed by atoms with Crippen LogP contribution in [0.15, 0.2) is 6.20 Å². The molecule has 1 amide bonds. The summed E-state index contributed by atoms with van der Waals surface area (Å²) < 4.78 is 5.26. The lowest BCUT2D eigenvalue weighted by Crippen LogP contribution is -2.25. The van der Waals surface area contributed by atoms with E-state index < -0.39 is 0 Å². The minimum absolute atomic E-state index is 0.0910. The van der Waals surface area contributed by atoms with Gasteiger partial charge in [0.15, 0.2) is 0 Å². The van der Waals surface area contributed by atoms with E-state index in [0.29, 0.717) is 25.3 Å². The third-order valence-electron chi connectivity index (χ3n) is 2.05. The van der Waals surface area contributed by atoms with Gasteiger partial charge in [0.25, 0.3) is 5.91 Å². The number of ether oxygens (including phenoxy) is 1. The topological polar surface area (TPSA) is 67.0 Å². The SMILES string of the molecule is Cc1[nH]ncc1C(=O)NCCCOCCBr. The molecule has 1 aromatic rings. The fraction of sp³-hybridized carbons (Fsp3) is 0.600. The number of rotatable bonds is 7. The maximum absolute atomic E-state index is 11.6. The zero-order valence-corrected chi connectivity index (χ0v) is 10.8. The Morgan fingerprint density at radius 3 is 3.06 bits per heavy atom. The molecular formula is C10H16BrN3O2. The molecule has 0 unspecified atom stereocenters. The smallest absolute Gasteiger partial charge is 0.254 e. The quantitative estimate of drug-likeness (QED) is 0.586. The molecule has 1 rings (SSSR count). The lowest BCUT2D eigenvalue weighted by Gasteiger charge is -2.04. The molecule has 0 saturated carbocycles. The van der Waals surface area contributed by atoms with Gasteiger partial charge in [0.05, 0.1) is 18.4 Å². The predicted molar refractivity (Wildman–Crippen MR) is 64.9 cm³/mol. The van der Waals surface area contributed by atoms with Crippen molar-refractivity contribution in [3.05, 3.63) is 17.5 Å². The van der Waals surface area contributed by atoms with Crippen LogP contribution in [0.4, 0.5) is 0 Å². The molecule has 0 fully saturated rings. The minimum Gasteiger partial charge on any atom is -0.381 e. The third kappa shape index (κ3) is 4.32. The number of H-pyrrole nitrogens is 1. The number of aromatic amines is 1. The second-order valence-corrected chi connectivity index (χ2v) is 4.11. The van der Waals surface area contributed by atoms with Crippen molar-refractivity contribution in [3.8, 4) is 0 Å². The van der Waals surface area contributed by atoms with E-state index >= 15 is 0 Å². The number of aromatic nitrogens is 2. The molecular weight excluding hydrogens is 274 g/mol. The average Bonchev–Trinajstić information content (AvgIpc) is 2.69. The molecule has 0 aliphatic carbocycles. The summed E-state index contributed by atoms with van der Waals surface area (Å²) in [7, 11) is 0. The Morgan fingerprint density at radius 1 is 1.62 bits per heavy atom. The number of hydrogen-bond donors (Lipinski definition) is 2. The van der Waals surface area contributed by atoms with Gasteiger partial charge in [-0.1, -0.05) is 15.9 Å². The molecule has 6 heteroatoms. The number of carbonyl (C=O) groups is 1. The molecule has 0 radical (unpaired) electrons. The summed E-state index contributed by atoms with van der Waals surface area (Å²) in [6, 6.07) is 0. The molecule has 1 heterocycles. The summed E-state index contributed by atoms with van der Waals surface area (Å²) in [4.78, 5) is 11.6. The molecule has 5 nitrogen and oxygen atoms in total. The van der Waals surface area contributed by atoms with Crippen molar-refractivity contribution in [3.63, 3.8) is 0 Å². The van der Waals surface area contributed by atoms with Gasteiger partial charge in [0.1, 0.15) is 0 Å². The maximum Gasteiger partial charge on any atom is 0.254 e. The number of nitrogens with zero attached hydrogens (tertiary/aromatic N) is 1. The normalized spacial score (nSPS) is 10.4. The molecule has 0 aliphatic heterocycles. The van der Waals surface area contributed by atoms with Gasteiger partial charge >= 0.3 is 0 Å². The Kier molecular flexibility index (Phi) is 6.10. The van der Waals surface area contributed by atoms with Crippen molar-refractivity contribution in [2.24, 2.45) is 0 Å². The summed E-state index contributed by atoms with van der Waals surface area (Å²) in [6.45, 7) is 3.80. The lowest BCUT2D eigenvalue weighted by atomic mass is 10.2. The van der Waals surface area contributed by atoms with Crippen LogP contribution in [0.25, 0.3) is 0 Å². The van der Waals surface area contributed by atoms with Crippen LogP contribution in [0, 0.1) is 6.92 Å². The van der Waals surface area contributed by atoms with Crippen LogP contribution in [-0.4, -0.2) is 41.2 Å². The summed E-state index contributed by atoms with van der Waals surface area (Å²) in [5, 5.41) is 10.2. The number of halogens is 1.